The Balaban J connectivity index is 1.68. The number of fused-ring (bicyclic) bond motifs is 1. The Morgan fingerprint density at radius 1 is 1.14 bits per heavy atom. The summed E-state index contributed by atoms with van der Waals surface area (Å²) in [6.07, 6.45) is 3.61. The number of halogens is 2. The molecule has 8 heteroatoms. The first-order chi connectivity index (χ1) is 17.2. The van der Waals surface area contributed by atoms with E-state index in [2.05, 4.69) is 26.1 Å². The minimum Gasteiger partial charge on any atom is -0.481 e. The quantitative estimate of drug-likeness (QED) is 0.349. The van der Waals surface area contributed by atoms with E-state index in [9.17, 15) is 19.1 Å². The SMILES string of the molecule is Cc1ccc(F)cc1[C@@H](CCC(=O)O)CNC(=O)c1c(C)c(N2CCCCC2)nc2ccc(Br)cc12. The summed E-state index contributed by atoms with van der Waals surface area (Å²) in [7, 11) is 0. The molecule has 6 nitrogen and oxygen atoms in total. The number of carbonyl (C=O) groups excluding carboxylic acids is 1. The topological polar surface area (TPSA) is 82.5 Å². The number of carboxylic acid groups (broad SMARTS) is 1. The molecular formula is C28H31BrFN3O3. The van der Waals surface area contributed by atoms with E-state index in [-0.39, 0.29) is 30.6 Å². The first kappa shape index (κ1) is 26.1. The van der Waals surface area contributed by atoms with Gasteiger partial charge in [-0.25, -0.2) is 9.37 Å². The van der Waals surface area contributed by atoms with Crippen LogP contribution in [-0.4, -0.2) is 41.6 Å². The Labute approximate surface area is 219 Å². The Morgan fingerprint density at radius 3 is 2.61 bits per heavy atom. The van der Waals surface area contributed by atoms with Gasteiger partial charge in [0.1, 0.15) is 11.6 Å². The van der Waals surface area contributed by atoms with Gasteiger partial charge in [0.2, 0.25) is 0 Å². The highest BCUT2D eigenvalue weighted by atomic mass is 79.9. The zero-order valence-corrected chi connectivity index (χ0v) is 22.2. The number of pyridine rings is 1. The van der Waals surface area contributed by atoms with Crippen LogP contribution in [0.4, 0.5) is 10.2 Å². The molecule has 2 N–H and O–H groups in total. The van der Waals surface area contributed by atoms with Crippen LogP contribution in [0.2, 0.25) is 0 Å². The summed E-state index contributed by atoms with van der Waals surface area (Å²) < 4.78 is 14.9. The number of benzene rings is 2. The van der Waals surface area contributed by atoms with Crippen LogP contribution in [0, 0.1) is 19.7 Å². The molecule has 1 saturated heterocycles. The van der Waals surface area contributed by atoms with Crippen LogP contribution in [0.1, 0.15) is 65.1 Å². The van der Waals surface area contributed by atoms with Crippen molar-refractivity contribution in [1.82, 2.24) is 10.3 Å². The van der Waals surface area contributed by atoms with Crippen molar-refractivity contribution in [2.24, 2.45) is 0 Å². The standard InChI is InChI=1S/C28H31BrFN3O3/c1-17-6-9-21(30)15-22(17)19(7-11-25(34)35)16-31-28(36)26-18(2)27(33-12-4-3-5-13-33)32-24-10-8-20(29)14-23(24)26/h6,8-10,14-15,19H,3-5,7,11-13,16H2,1-2H3,(H,31,36)(H,34,35)/t19-/m0/s1. The van der Waals surface area contributed by atoms with Gasteiger partial charge in [0.05, 0.1) is 11.1 Å². The third kappa shape index (κ3) is 5.86. The van der Waals surface area contributed by atoms with Crippen LogP contribution in [0.5, 0.6) is 0 Å². The lowest BCUT2D eigenvalue weighted by Crippen LogP contribution is -2.33. The molecule has 0 aliphatic carbocycles. The normalized spacial score (nSPS) is 14.6. The van der Waals surface area contributed by atoms with Crippen LogP contribution in [0.15, 0.2) is 40.9 Å². The number of aliphatic carboxylic acids is 1. The number of nitrogens with zero attached hydrogens (tertiary/aromatic N) is 2. The molecule has 0 saturated carbocycles. The Kier molecular flexibility index (Phi) is 8.24. The van der Waals surface area contributed by atoms with Gasteiger partial charge in [0, 0.05) is 47.4 Å². The van der Waals surface area contributed by atoms with Crippen molar-refractivity contribution < 1.29 is 19.1 Å². The molecule has 1 aliphatic rings. The van der Waals surface area contributed by atoms with E-state index in [1.165, 1.54) is 18.6 Å². The maximum absolute atomic E-state index is 14.0. The maximum atomic E-state index is 14.0. The van der Waals surface area contributed by atoms with Gasteiger partial charge in [0.15, 0.2) is 0 Å². The van der Waals surface area contributed by atoms with Crippen molar-refractivity contribution in [2.75, 3.05) is 24.5 Å². The number of aromatic nitrogens is 1. The highest BCUT2D eigenvalue weighted by Gasteiger charge is 2.24. The zero-order chi connectivity index (χ0) is 25.8. The monoisotopic (exact) mass is 555 g/mol. The number of hydrogen-bond acceptors (Lipinski definition) is 4. The predicted octanol–water partition coefficient (Wildman–Crippen LogP) is 6.12. The fraction of sp³-hybridized carbons (Fsp3) is 0.393. The number of amides is 1. The summed E-state index contributed by atoms with van der Waals surface area (Å²) in [6.45, 7) is 5.82. The van der Waals surface area contributed by atoms with E-state index in [0.717, 1.165) is 58.3 Å². The van der Waals surface area contributed by atoms with Gasteiger partial charge in [0.25, 0.3) is 5.91 Å². The summed E-state index contributed by atoms with van der Waals surface area (Å²) in [5, 5.41) is 13.0. The molecule has 2 heterocycles. The number of anilines is 1. The summed E-state index contributed by atoms with van der Waals surface area (Å²) in [5.74, 6) is -1.05. The van der Waals surface area contributed by atoms with Gasteiger partial charge < -0.3 is 15.3 Å². The van der Waals surface area contributed by atoms with E-state index in [4.69, 9.17) is 4.98 Å². The molecule has 4 rings (SSSR count). The number of carboxylic acids is 1. The van der Waals surface area contributed by atoms with Crippen molar-refractivity contribution in [1.29, 1.82) is 0 Å². The summed E-state index contributed by atoms with van der Waals surface area (Å²) in [6, 6.07) is 10.2. The van der Waals surface area contributed by atoms with E-state index in [1.807, 2.05) is 32.0 Å². The third-order valence-corrected chi connectivity index (χ3v) is 7.44. The fourth-order valence-corrected chi connectivity index (χ4v) is 5.41. The molecule has 36 heavy (non-hydrogen) atoms. The number of aryl methyl sites for hydroxylation is 1. The molecule has 1 amide bonds. The minimum absolute atomic E-state index is 0.0697. The molecular weight excluding hydrogens is 525 g/mol. The van der Waals surface area contributed by atoms with Crippen molar-refractivity contribution in [3.8, 4) is 0 Å². The van der Waals surface area contributed by atoms with Crippen LogP contribution in [-0.2, 0) is 4.79 Å². The predicted molar refractivity (Wildman–Crippen MR) is 143 cm³/mol. The number of carbonyl (C=O) groups is 2. The second kappa shape index (κ2) is 11.4. The second-order valence-electron chi connectivity index (χ2n) is 9.48. The summed E-state index contributed by atoms with van der Waals surface area (Å²) >= 11 is 3.52. The molecule has 1 aliphatic heterocycles. The first-order valence-electron chi connectivity index (χ1n) is 12.4. The highest BCUT2D eigenvalue weighted by Crippen LogP contribution is 2.32. The molecule has 0 unspecified atom stereocenters. The van der Waals surface area contributed by atoms with Gasteiger partial charge in [-0.2, -0.15) is 0 Å². The molecule has 0 spiro atoms. The largest absolute Gasteiger partial charge is 0.481 e. The van der Waals surface area contributed by atoms with Crippen molar-refractivity contribution in [2.45, 2.75) is 51.9 Å². The van der Waals surface area contributed by atoms with Crippen molar-refractivity contribution in [3.05, 3.63) is 68.9 Å². The van der Waals surface area contributed by atoms with Crippen LogP contribution >= 0.6 is 15.9 Å². The Hall–Kier alpha value is -3.00. The average molecular weight is 556 g/mol. The third-order valence-electron chi connectivity index (χ3n) is 6.94. The summed E-state index contributed by atoms with van der Waals surface area (Å²) in [5.41, 5.74) is 3.71. The second-order valence-corrected chi connectivity index (χ2v) is 10.4. The average Bonchev–Trinajstić information content (AvgIpc) is 2.85. The maximum Gasteiger partial charge on any atom is 0.303 e. The number of rotatable bonds is 8. The first-order valence-corrected chi connectivity index (χ1v) is 13.1. The number of hydrogen-bond donors (Lipinski definition) is 2. The van der Waals surface area contributed by atoms with Gasteiger partial charge in [-0.15, -0.1) is 0 Å². The lowest BCUT2D eigenvalue weighted by Gasteiger charge is -2.30. The lowest BCUT2D eigenvalue weighted by molar-refractivity contribution is -0.137. The lowest BCUT2D eigenvalue weighted by atomic mass is 9.90. The van der Waals surface area contributed by atoms with E-state index in [1.54, 1.807) is 6.07 Å². The molecule has 2 aromatic carbocycles. The molecule has 0 radical (unpaired) electrons. The van der Waals surface area contributed by atoms with Crippen molar-refractivity contribution in [3.63, 3.8) is 0 Å². The van der Waals surface area contributed by atoms with Crippen LogP contribution < -0.4 is 10.2 Å². The molecule has 1 fully saturated rings. The van der Waals surface area contributed by atoms with Gasteiger partial charge in [-0.05, 0) is 81.0 Å². The van der Waals surface area contributed by atoms with E-state index < -0.39 is 5.97 Å². The Bertz CT molecular complexity index is 1290. The van der Waals surface area contributed by atoms with E-state index in [0.29, 0.717) is 17.5 Å². The molecule has 0 bridgehead atoms. The Morgan fingerprint density at radius 2 is 1.89 bits per heavy atom. The van der Waals surface area contributed by atoms with Gasteiger partial charge in [-0.1, -0.05) is 22.0 Å². The van der Waals surface area contributed by atoms with E-state index >= 15 is 0 Å². The minimum atomic E-state index is -0.924. The molecule has 1 aromatic heterocycles. The van der Waals surface area contributed by atoms with Crippen LogP contribution in [0.3, 0.4) is 0 Å². The van der Waals surface area contributed by atoms with Crippen LogP contribution in [0.25, 0.3) is 10.9 Å². The molecule has 3 aromatic rings. The molecule has 190 valence electrons. The number of nitrogens with one attached hydrogen (secondary N) is 1. The fourth-order valence-electron chi connectivity index (χ4n) is 5.04. The zero-order valence-electron chi connectivity index (χ0n) is 20.6. The molecule has 1 atom stereocenters. The van der Waals surface area contributed by atoms with Gasteiger partial charge >= 0.3 is 5.97 Å². The smallest absolute Gasteiger partial charge is 0.303 e. The number of piperidine rings is 1. The van der Waals surface area contributed by atoms with Crippen molar-refractivity contribution >= 4 is 44.5 Å². The summed E-state index contributed by atoms with van der Waals surface area (Å²) in [4.78, 5) is 32.1. The van der Waals surface area contributed by atoms with Gasteiger partial charge in [-0.3, -0.25) is 9.59 Å². The highest BCUT2D eigenvalue weighted by molar-refractivity contribution is 9.10.